The molecule has 1 aliphatic rings. The van der Waals surface area contributed by atoms with Gasteiger partial charge in [-0.15, -0.1) is 0 Å². The zero-order valence-corrected chi connectivity index (χ0v) is 12.3. The summed E-state index contributed by atoms with van der Waals surface area (Å²) in [7, 11) is 0. The Kier molecular flexibility index (Phi) is 4.06. The molecule has 0 bridgehead atoms. The molecule has 0 aliphatic carbocycles. The van der Waals surface area contributed by atoms with Crippen molar-refractivity contribution in [1.82, 2.24) is 4.98 Å². The second-order valence-corrected chi connectivity index (χ2v) is 5.34. The van der Waals surface area contributed by atoms with Crippen LogP contribution >= 0.6 is 11.6 Å². The molecule has 0 saturated heterocycles. The number of ether oxygens (including phenoxy) is 1. The van der Waals surface area contributed by atoms with Crippen molar-refractivity contribution in [3.8, 4) is 5.75 Å². The van der Waals surface area contributed by atoms with Gasteiger partial charge in [-0.3, -0.25) is 9.59 Å². The number of carbonyl (C=O) groups excluding carboxylic acids is 2. The lowest BCUT2D eigenvalue weighted by molar-refractivity contribution is -0.118. The maximum atomic E-state index is 12.6. The van der Waals surface area contributed by atoms with E-state index < -0.39 is 5.92 Å². The van der Waals surface area contributed by atoms with Gasteiger partial charge in [0.25, 0.3) is 0 Å². The number of hydrogen-bond acceptors (Lipinski definition) is 4. The minimum absolute atomic E-state index is 0.288. The number of hydrogen-bond donors (Lipinski definition) is 1. The second kappa shape index (κ2) is 6.15. The number of carbonyl (C=O) groups is 2. The summed E-state index contributed by atoms with van der Waals surface area (Å²) in [6.07, 6.45) is 1.88. The number of nitrogens with zero attached hydrogens (tertiary/aromatic N) is 1. The van der Waals surface area contributed by atoms with Gasteiger partial charge >= 0.3 is 0 Å². The fourth-order valence-electron chi connectivity index (χ4n) is 2.33. The van der Waals surface area contributed by atoms with Crippen LogP contribution in [0.3, 0.4) is 0 Å². The third kappa shape index (κ3) is 2.94. The average Bonchev–Trinajstić information content (AvgIpc) is 2.68. The van der Waals surface area contributed by atoms with Gasteiger partial charge in [0.2, 0.25) is 5.91 Å². The van der Waals surface area contributed by atoms with Crippen LogP contribution in [0.2, 0.25) is 5.02 Å². The highest BCUT2D eigenvalue weighted by Crippen LogP contribution is 2.29. The molecule has 0 saturated carbocycles. The highest BCUT2D eigenvalue weighted by atomic mass is 35.5. The number of amides is 1. The van der Waals surface area contributed by atoms with Gasteiger partial charge in [-0.25, -0.2) is 4.98 Å². The van der Waals surface area contributed by atoms with E-state index in [1.54, 1.807) is 36.5 Å². The van der Waals surface area contributed by atoms with Crippen LogP contribution in [0.15, 0.2) is 42.6 Å². The minimum atomic E-state index is -0.818. The summed E-state index contributed by atoms with van der Waals surface area (Å²) < 4.78 is 5.53. The number of Topliss-reactive ketones (excluding diaryl/α,β-unsaturated/α-hetero) is 1. The van der Waals surface area contributed by atoms with Gasteiger partial charge in [-0.05, 0) is 30.3 Å². The summed E-state index contributed by atoms with van der Waals surface area (Å²) >= 11 is 5.93. The second-order valence-electron chi connectivity index (χ2n) is 4.90. The van der Waals surface area contributed by atoms with Gasteiger partial charge in [0.05, 0.1) is 12.2 Å². The molecular weight excluding hydrogens is 304 g/mol. The topological polar surface area (TPSA) is 68.3 Å². The third-order valence-corrected chi connectivity index (χ3v) is 3.66. The minimum Gasteiger partial charge on any atom is -0.493 e. The fourth-order valence-corrected chi connectivity index (χ4v) is 2.50. The number of pyridine rings is 1. The van der Waals surface area contributed by atoms with E-state index in [9.17, 15) is 9.59 Å². The molecule has 6 heteroatoms. The van der Waals surface area contributed by atoms with Crippen molar-refractivity contribution >= 4 is 29.1 Å². The summed E-state index contributed by atoms with van der Waals surface area (Å²) in [6.45, 7) is 0.292. The van der Waals surface area contributed by atoms with Crippen LogP contribution in [0.5, 0.6) is 5.75 Å². The predicted molar refractivity (Wildman–Crippen MR) is 82.3 cm³/mol. The first kappa shape index (κ1) is 14.5. The summed E-state index contributed by atoms with van der Waals surface area (Å²) in [5.41, 5.74) is 0.339. The summed E-state index contributed by atoms with van der Waals surface area (Å²) in [5, 5.41) is 3.09. The van der Waals surface area contributed by atoms with Gasteiger partial charge in [0.1, 0.15) is 17.5 Å². The van der Waals surface area contributed by atoms with Crippen molar-refractivity contribution in [3.05, 3.63) is 53.2 Å². The maximum Gasteiger partial charge on any atom is 0.236 e. The maximum absolute atomic E-state index is 12.6. The van der Waals surface area contributed by atoms with E-state index in [4.69, 9.17) is 16.3 Å². The monoisotopic (exact) mass is 316 g/mol. The molecule has 1 amide bonds. The van der Waals surface area contributed by atoms with Crippen LogP contribution in [0, 0.1) is 5.92 Å². The molecule has 1 aliphatic heterocycles. The molecule has 0 fully saturated rings. The molecule has 112 valence electrons. The average molecular weight is 317 g/mol. The molecule has 1 N–H and O–H groups in total. The number of ketones is 1. The molecule has 3 rings (SSSR count). The van der Waals surface area contributed by atoms with Crippen LogP contribution in [0.25, 0.3) is 0 Å². The Balaban J connectivity index is 1.85. The van der Waals surface area contributed by atoms with Crippen molar-refractivity contribution in [2.24, 2.45) is 5.92 Å². The van der Waals surface area contributed by atoms with Gasteiger partial charge < -0.3 is 10.1 Å². The molecule has 0 radical (unpaired) electrons. The zero-order chi connectivity index (χ0) is 15.5. The van der Waals surface area contributed by atoms with Crippen molar-refractivity contribution in [3.63, 3.8) is 0 Å². The molecular formula is C16H13ClN2O3. The van der Waals surface area contributed by atoms with E-state index in [1.807, 2.05) is 0 Å². The van der Waals surface area contributed by atoms with Gasteiger partial charge in [-0.2, -0.15) is 0 Å². The van der Waals surface area contributed by atoms with E-state index in [0.717, 1.165) is 0 Å². The summed E-state index contributed by atoms with van der Waals surface area (Å²) in [6, 6.07) is 10.0. The van der Waals surface area contributed by atoms with E-state index >= 15 is 0 Å². The lowest BCUT2D eigenvalue weighted by Gasteiger charge is -2.12. The first-order valence-corrected chi connectivity index (χ1v) is 7.21. The number of nitrogens with one attached hydrogen (secondary N) is 1. The predicted octanol–water partition coefficient (Wildman–Crippen LogP) is 2.96. The number of rotatable bonds is 2. The Bertz CT molecular complexity index is 719. The normalized spacial score (nSPS) is 17.1. The van der Waals surface area contributed by atoms with Crippen LogP contribution in [-0.4, -0.2) is 23.3 Å². The van der Waals surface area contributed by atoms with Crippen molar-refractivity contribution < 1.29 is 14.3 Å². The molecule has 1 atom stereocenters. The van der Waals surface area contributed by atoms with Crippen LogP contribution < -0.4 is 10.1 Å². The highest BCUT2D eigenvalue weighted by molar-refractivity contribution is 6.31. The van der Waals surface area contributed by atoms with Gasteiger partial charge in [-0.1, -0.05) is 17.7 Å². The molecule has 5 nitrogen and oxygen atoms in total. The van der Waals surface area contributed by atoms with Gasteiger partial charge in [0.15, 0.2) is 5.78 Å². The Morgan fingerprint density at radius 3 is 2.95 bits per heavy atom. The largest absolute Gasteiger partial charge is 0.493 e. The Hall–Kier alpha value is -2.40. The van der Waals surface area contributed by atoms with E-state index in [-0.39, 0.29) is 11.7 Å². The standard InChI is InChI=1S/C16H13ClN2O3/c17-10-4-5-13-12(9-10)15(20)11(6-8-22-13)16(21)19-14-3-1-2-7-18-14/h1-5,7,9,11H,6,8H2,(H,18,19,21). The van der Waals surface area contributed by atoms with E-state index in [0.29, 0.717) is 35.2 Å². The molecule has 2 heterocycles. The number of aromatic nitrogens is 1. The Labute approximate surface area is 132 Å². The van der Waals surface area contributed by atoms with Crippen molar-refractivity contribution in [1.29, 1.82) is 0 Å². The highest BCUT2D eigenvalue weighted by Gasteiger charge is 2.32. The quantitative estimate of drug-likeness (QED) is 0.865. The van der Waals surface area contributed by atoms with Crippen LogP contribution in [-0.2, 0) is 4.79 Å². The van der Waals surface area contributed by atoms with E-state index in [2.05, 4.69) is 10.3 Å². The van der Waals surface area contributed by atoms with Crippen LogP contribution in [0.1, 0.15) is 16.8 Å². The fraction of sp³-hybridized carbons (Fsp3) is 0.188. The smallest absolute Gasteiger partial charge is 0.236 e. The number of fused-ring (bicyclic) bond motifs is 1. The van der Waals surface area contributed by atoms with Crippen LogP contribution in [0.4, 0.5) is 5.82 Å². The Morgan fingerprint density at radius 2 is 2.18 bits per heavy atom. The van der Waals surface area contributed by atoms with Crippen molar-refractivity contribution in [2.75, 3.05) is 11.9 Å². The third-order valence-electron chi connectivity index (χ3n) is 3.42. The number of benzene rings is 1. The zero-order valence-electron chi connectivity index (χ0n) is 11.6. The number of halogens is 1. The lowest BCUT2D eigenvalue weighted by atomic mass is 9.94. The first-order chi connectivity index (χ1) is 10.6. The molecule has 22 heavy (non-hydrogen) atoms. The SMILES string of the molecule is O=C(Nc1ccccn1)C1CCOc2ccc(Cl)cc2C1=O. The first-order valence-electron chi connectivity index (χ1n) is 6.83. The van der Waals surface area contributed by atoms with Gasteiger partial charge in [0, 0.05) is 17.6 Å². The summed E-state index contributed by atoms with van der Waals surface area (Å²) in [5.74, 6) is -0.621. The summed E-state index contributed by atoms with van der Waals surface area (Å²) in [4.78, 5) is 29.0. The molecule has 1 aromatic carbocycles. The number of anilines is 1. The molecule has 1 unspecified atom stereocenters. The molecule has 0 spiro atoms. The molecule has 1 aromatic heterocycles. The Morgan fingerprint density at radius 1 is 1.32 bits per heavy atom. The molecule has 2 aromatic rings. The van der Waals surface area contributed by atoms with E-state index in [1.165, 1.54) is 6.07 Å². The van der Waals surface area contributed by atoms with Crippen molar-refractivity contribution in [2.45, 2.75) is 6.42 Å². The lowest BCUT2D eigenvalue weighted by Crippen LogP contribution is -2.30.